The maximum atomic E-state index is 12.0. The number of rotatable bonds is 10. The fourth-order valence-electron chi connectivity index (χ4n) is 3.40. The number of likely N-dealkylation sites (tertiary alicyclic amines) is 1. The number of carbonyl (C=O) groups excluding carboxylic acids is 1. The summed E-state index contributed by atoms with van der Waals surface area (Å²) in [6.45, 7) is 6.93. The Hall–Kier alpha value is -2.08. The largest absolute Gasteiger partial charge is 0.492 e. The highest BCUT2D eigenvalue weighted by molar-refractivity contribution is 5.92. The van der Waals surface area contributed by atoms with E-state index in [2.05, 4.69) is 17.1 Å². The quantitative estimate of drug-likeness (QED) is 0.653. The highest BCUT2D eigenvalue weighted by Gasteiger charge is 2.24. The minimum atomic E-state index is -0.693. The maximum Gasteiger partial charge on any atom is 0.307 e. The maximum absolute atomic E-state index is 12.0. The average Bonchev–Trinajstić information content (AvgIpc) is 2.67. The fraction of sp³-hybridized carbons (Fsp3) is 0.619. The molecule has 1 aliphatic rings. The Labute approximate surface area is 161 Å². The number of carboxylic acids is 1. The molecule has 1 unspecified atom stereocenters. The molecule has 1 aromatic carbocycles. The first kappa shape index (κ1) is 21.2. The van der Waals surface area contributed by atoms with Gasteiger partial charge in [-0.3, -0.25) is 9.59 Å². The molecule has 0 saturated carbocycles. The monoisotopic (exact) mass is 376 g/mol. The van der Waals surface area contributed by atoms with Gasteiger partial charge in [-0.15, -0.1) is 0 Å². The molecule has 0 aliphatic carbocycles. The number of hydrogen-bond acceptors (Lipinski definition) is 4. The van der Waals surface area contributed by atoms with E-state index >= 15 is 0 Å². The lowest BCUT2D eigenvalue weighted by Gasteiger charge is -2.30. The summed E-state index contributed by atoms with van der Waals surface area (Å²) in [5.41, 5.74) is 1.84. The van der Waals surface area contributed by atoms with Crippen LogP contribution in [0.2, 0.25) is 0 Å². The molecule has 150 valence electrons. The van der Waals surface area contributed by atoms with E-state index in [0.717, 1.165) is 50.8 Å². The van der Waals surface area contributed by atoms with E-state index < -0.39 is 5.97 Å². The number of benzene rings is 1. The van der Waals surface area contributed by atoms with Crippen molar-refractivity contribution in [3.8, 4) is 5.75 Å². The molecule has 1 amide bonds. The Morgan fingerprint density at radius 3 is 2.85 bits per heavy atom. The zero-order valence-electron chi connectivity index (χ0n) is 16.5. The molecule has 6 nitrogen and oxygen atoms in total. The van der Waals surface area contributed by atoms with E-state index in [-0.39, 0.29) is 11.8 Å². The summed E-state index contributed by atoms with van der Waals surface area (Å²) >= 11 is 0. The summed E-state index contributed by atoms with van der Waals surface area (Å²) in [6.07, 6.45) is 4.92. The lowest BCUT2D eigenvalue weighted by molar-refractivity contribution is -0.143. The number of carboxylic acid groups (broad SMARTS) is 1. The number of nitrogens with one attached hydrogen (secondary N) is 1. The van der Waals surface area contributed by atoms with Crippen molar-refractivity contribution >= 4 is 17.6 Å². The third kappa shape index (κ3) is 6.86. The van der Waals surface area contributed by atoms with Gasteiger partial charge < -0.3 is 20.1 Å². The molecule has 27 heavy (non-hydrogen) atoms. The van der Waals surface area contributed by atoms with Gasteiger partial charge in [0.25, 0.3) is 0 Å². The minimum Gasteiger partial charge on any atom is -0.492 e. The molecule has 2 N–H and O–H groups in total. The summed E-state index contributed by atoms with van der Waals surface area (Å²) in [5.74, 6) is -0.236. The highest BCUT2D eigenvalue weighted by atomic mass is 16.5. The normalized spacial score (nSPS) is 17.5. The third-order valence-electron chi connectivity index (χ3n) is 4.95. The van der Waals surface area contributed by atoms with Crippen LogP contribution in [0.15, 0.2) is 18.2 Å². The number of aliphatic carboxylic acids is 1. The minimum absolute atomic E-state index is 0.0126. The van der Waals surface area contributed by atoms with Gasteiger partial charge in [-0.05, 0) is 56.8 Å². The summed E-state index contributed by atoms with van der Waals surface area (Å²) in [5, 5.41) is 12.2. The van der Waals surface area contributed by atoms with Gasteiger partial charge in [-0.1, -0.05) is 19.4 Å². The molecule has 6 heteroatoms. The summed E-state index contributed by atoms with van der Waals surface area (Å²) in [4.78, 5) is 25.4. The smallest absolute Gasteiger partial charge is 0.307 e. The van der Waals surface area contributed by atoms with Crippen LogP contribution in [0.5, 0.6) is 5.75 Å². The van der Waals surface area contributed by atoms with Crippen molar-refractivity contribution in [2.45, 2.75) is 52.4 Å². The Kier molecular flexibility index (Phi) is 8.58. The lowest BCUT2D eigenvalue weighted by Crippen LogP contribution is -2.39. The number of carbonyl (C=O) groups is 2. The molecular formula is C21H32N2O4. The van der Waals surface area contributed by atoms with Crippen molar-refractivity contribution in [1.82, 2.24) is 4.90 Å². The van der Waals surface area contributed by atoms with Gasteiger partial charge in [-0.25, -0.2) is 0 Å². The van der Waals surface area contributed by atoms with Crippen molar-refractivity contribution in [2.75, 3.05) is 31.6 Å². The molecule has 1 saturated heterocycles. The van der Waals surface area contributed by atoms with E-state index in [1.807, 2.05) is 25.1 Å². The van der Waals surface area contributed by atoms with Crippen LogP contribution in [0, 0.1) is 5.92 Å². The van der Waals surface area contributed by atoms with Crippen molar-refractivity contribution in [3.63, 3.8) is 0 Å². The topological polar surface area (TPSA) is 78.9 Å². The molecular weight excluding hydrogens is 344 g/mol. The van der Waals surface area contributed by atoms with Gasteiger partial charge in [0, 0.05) is 19.5 Å². The number of hydrogen-bond donors (Lipinski definition) is 2. The van der Waals surface area contributed by atoms with Gasteiger partial charge in [0.15, 0.2) is 0 Å². The Morgan fingerprint density at radius 1 is 1.33 bits per heavy atom. The molecule has 0 radical (unpaired) electrons. The van der Waals surface area contributed by atoms with Crippen molar-refractivity contribution in [3.05, 3.63) is 23.8 Å². The van der Waals surface area contributed by atoms with Crippen molar-refractivity contribution < 1.29 is 19.4 Å². The second-order valence-electron chi connectivity index (χ2n) is 7.14. The van der Waals surface area contributed by atoms with Gasteiger partial charge in [0.05, 0.1) is 18.2 Å². The highest BCUT2D eigenvalue weighted by Crippen LogP contribution is 2.27. The third-order valence-corrected chi connectivity index (χ3v) is 4.95. The van der Waals surface area contributed by atoms with Crippen LogP contribution in [0.25, 0.3) is 0 Å². The molecule has 1 fully saturated rings. The predicted octanol–water partition coefficient (Wildman–Crippen LogP) is 3.55. The molecule has 2 rings (SSSR count). The van der Waals surface area contributed by atoms with Crippen LogP contribution >= 0.6 is 0 Å². The van der Waals surface area contributed by atoms with E-state index in [1.165, 1.54) is 0 Å². The van der Waals surface area contributed by atoms with Crippen LogP contribution < -0.4 is 10.1 Å². The fourth-order valence-corrected chi connectivity index (χ4v) is 3.40. The first-order valence-corrected chi connectivity index (χ1v) is 10.0. The zero-order chi connectivity index (χ0) is 19.6. The van der Waals surface area contributed by atoms with Gasteiger partial charge in [0.2, 0.25) is 5.91 Å². The summed E-state index contributed by atoms with van der Waals surface area (Å²) in [7, 11) is 0. The van der Waals surface area contributed by atoms with E-state index in [4.69, 9.17) is 4.74 Å². The molecule has 1 aliphatic heterocycles. The number of nitrogens with zero attached hydrogens (tertiary/aromatic N) is 1. The Bertz CT molecular complexity index is 633. The number of piperidine rings is 1. The second kappa shape index (κ2) is 10.9. The van der Waals surface area contributed by atoms with E-state index in [1.54, 1.807) is 0 Å². The lowest BCUT2D eigenvalue weighted by atomic mass is 9.98. The van der Waals surface area contributed by atoms with Crippen molar-refractivity contribution in [2.24, 2.45) is 5.92 Å². The standard InChI is InChI=1S/C21H32N2O4/c1-3-5-8-20(24)22-18-10-9-16(14-19(18)27-4-2)11-13-23-12-6-7-17(15-23)21(25)26/h9-10,14,17H,3-8,11-13,15H2,1-2H3,(H,22,24)(H,25,26). The van der Waals surface area contributed by atoms with Gasteiger partial charge in [-0.2, -0.15) is 0 Å². The van der Waals surface area contributed by atoms with Crippen LogP contribution in [0.1, 0.15) is 51.5 Å². The first-order chi connectivity index (χ1) is 13.0. The second-order valence-corrected chi connectivity index (χ2v) is 7.14. The van der Waals surface area contributed by atoms with Crippen LogP contribution in [-0.4, -0.2) is 48.1 Å². The van der Waals surface area contributed by atoms with E-state index in [0.29, 0.717) is 31.0 Å². The number of unbranched alkanes of at least 4 members (excludes halogenated alkanes) is 1. The molecule has 1 heterocycles. The number of ether oxygens (including phenoxy) is 1. The predicted molar refractivity (Wildman–Crippen MR) is 106 cm³/mol. The summed E-state index contributed by atoms with van der Waals surface area (Å²) in [6, 6.07) is 5.90. The molecule has 0 aromatic heterocycles. The van der Waals surface area contributed by atoms with E-state index in [9.17, 15) is 14.7 Å². The van der Waals surface area contributed by atoms with Gasteiger partial charge >= 0.3 is 5.97 Å². The van der Waals surface area contributed by atoms with Crippen LogP contribution in [-0.2, 0) is 16.0 Å². The first-order valence-electron chi connectivity index (χ1n) is 10.0. The average molecular weight is 376 g/mol. The van der Waals surface area contributed by atoms with Gasteiger partial charge in [0.1, 0.15) is 5.75 Å². The van der Waals surface area contributed by atoms with Crippen LogP contribution in [0.3, 0.4) is 0 Å². The zero-order valence-corrected chi connectivity index (χ0v) is 16.5. The van der Waals surface area contributed by atoms with Crippen molar-refractivity contribution in [1.29, 1.82) is 0 Å². The number of amides is 1. The Morgan fingerprint density at radius 2 is 2.15 bits per heavy atom. The number of anilines is 1. The summed E-state index contributed by atoms with van der Waals surface area (Å²) < 4.78 is 5.72. The molecule has 1 atom stereocenters. The van der Waals surface area contributed by atoms with Crippen LogP contribution in [0.4, 0.5) is 5.69 Å². The molecule has 1 aromatic rings. The SMILES string of the molecule is CCCCC(=O)Nc1ccc(CCN2CCCC(C(=O)O)C2)cc1OCC. The Balaban J connectivity index is 1.96. The molecule has 0 bridgehead atoms. The molecule has 0 spiro atoms.